The summed E-state index contributed by atoms with van der Waals surface area (Å²) in [5, 5.41) is 8.01. The maximum atomic E-state index is 15.0. The van der Waals surface area contributed by atoms with E-state index in [9.17, 15) is 4.79 Å². The van der Waals surface area contributed by atoms with Gasteiger partial charge in [-0.25, -0.2) is 14.4 Å². The number of halogens is 2. The Morgan fingerprint density at radius 3 is 2.75 bits per heavy atom. The first-order valence-corrected chi connectivity index (χ1v) is 16.5. The van der Waals surface area contributed by atoms with E-state index in [-0.39, 0.29) is 17.7 Å². The number of piperidine rings is 1. The largest absolute Gasteiger partial charge is 0.478 e. The molecule has 2 fully saturated rings. The number of likely N-dealkylation sites (tertiary alicyclic amines) is 1. The third-order valence-corrected chi connectivity index (χ3v) is 9.96. The molecule has 0 bridgehead atoms. The Hall–Kier alpha value is -4.65. The fourth-order valence-electron chi connectivity index (χ4n) is 7.00. The van der Waals surface area contributed by atoms with Crippen LogP contribution in [0.3, 0.4) is 0 Å². The molecule has 3 aliphatic rings. The molecule has 0 unspecified atom stereocenters. The van der Waals surface area contributed by atoms with Crippen molar-refractivity contribution in [2.45, 2.75) is 56.9 Å². The number of primary amides is 1. The predicted octanol–water partition coefficient (Wildman–Crippen LogP) is 5.39. The normalized spacial score (nSPS) is 21.2. The molecule has 6 heterocycles. The lowest BCUT2D eigenvalue weighted by molar-refractivity contribution is -0.0592. The Bertz CT molecular complexity index is 2070. The highest BCUT2D eigenvalue weighted by Gasteiger charge is 2.35. The molecule has 5 aromatic rings. The Kier molecular flexibility index (Phi) is 7.73. The van der Waals surface area contributed by atoms with Gasteiger partial charge in [0, 0.05) is 28.8 Å². The van der Waals surface area contributed by atoms with Crippen LogP contribution in [0.4, 0.5) is 4.39 Å². The average molecular weight is 669 g/mol. The number of nitrogens with two attached hydrogens (primary N) is 1. The van der Waals surface area contributed by atoms with Gasteiger partial charge in [0.1, 0.15) is 29.5 Å². The molecule has 48 heavy (non-hydrogen) atoms. The zero-order valence-electron chi connectivity index (χ0n) is 26.4. The van der Waals surface area contributed by atoms with Gasteiger partial charge >= 0.3 is 0 Å². The number of hydrogen-bond acceptors (Lipinski definition) is 8. The quantitative estimate of drug-likeness (QED) is 0.233. The van der Waals surface area contributed by atoms with Crippen molar-refractivity contribution < 1.29 is 18.7 Å². The highest BCUT2D eigenvalue weighted by molar-refractivity contribution is 6.30. The number of amides is 1. The number of carbonyl (C=O) groups is 1. The molecule has 0 spiro atoms. The topological polar surface area (TPSA) is 126 Å². The Morgan fingerprint density at radius 2 is 2.00 bits per heavy atom. The molecule has 3 aromatic heterocycles. The monoisotopic (exact) mass is 668 g/mol. The van der Waals surface area contributed by atoms with Crippen molar-refractivity contribution in [1.29, 1.82) is 0 Å². The first-order valence-electron chi connectivity index (χ1n) is 16.1. The SMILES string of the molecule is C[C@]1(c2ccc(Cl)cc2F)C=Cc2cccc(C3CCN(Cc4nc5cc(-n6cnnc6C(N)=O)ncc5n4C[C@@H]4CCO4)CC3)c2O1. The van der Waals surface area contributed by atoms with E-state index in [4.69, 9.17) is 31.8 Å². The number of pyridine rings is 1. The van der Waals surface area contributed by atoms with Crippen molar-refractivity contribution in [2.24, 2.45) is 5.73 Å². The second kappa shape index (κ2) is 12.1. The molecule has 1 amide bonds. The number of nitrogens with zero attached hydrogens (tertiary/aromatic N) is 7. The molecular formula is C35H34ClFN8O3. The molecule has 2 saturated heterocycles. The maximum Gasteiger partial charge on any atom is 0.287 e. The summed E-state index contributed by atoms with van der Waals surface area (Å²) in [4.78, 5) is 23.9. The van der Waals surface area contributed by atoms with Gasteiger partial charge in [-0.3, -0.25) is 14.3 Å². The van der Waals surface area contributed by atoms with Crippen molar-refractivity contribution >= 4 is 34.6 Å². The van der Waals surface area contributed by atoms with Crippen LogP contribution in [0.15, 0.2) is 61.1 Å². The highest BCUT2D eigenvalue weighted by Crippen LogP contribution is 2.44. The van der Waals surface area contributed by atoms with Gasteiger partial charge in [0.25, 0.3) is 5.91 Å². The molecule has 0 saturated carbocycles. The zero-order valence-corrected chi connectivity index (χ0v) is 27.1. The van der Waals surface area contributed by atoms with Crippen LogP contribution in [-0.2, 0) is 23.4 Å². The van der Waals surface area contributed by atoms with E-state index >= 15 is 4.39 Å². The Balaban J connectivity index is 1.02. The number of hydrogen-bond donors (Lipinski definition) is 1. The third kappa shape index (κ3) is 5.53. The van der Waals surface area contributed by atoms with E-state index in [0.717, 1.165) is 72.7 Å². The molecular weight excluding hydrogens is 635 g/mol. The van der Waals surface area contributed by atoms with Crippen LogP contribution in [0.5, 0.6) is 5.75 Å². The fourth-order valence-corrected chi connectivity index (χ4v) is 7.16. The minimum absolute atomic E-state index is 0.00937. The number of fused-ring (bicyclic) bond motifs is 2. The molecule has 0 aliphatic carbocycles. The molecule has 0 radical (unpaired) electrons. The third-order valence-electron chi connectivity index (χ3n) is 9.72. The van der Waals surface area contributed by atoms with Crippen molar-refractivity contribution in [1.82, 2.24) is 34.2 Å². The van der Waals surface area contributed by atoms with Gasteiger partial charge in [0.05, 0.1) is 36.4 Å². The molecule has 2 aromatic carbocycles. The standard InChI is InChI=1S/C35H34ClFN8O3/c1-35(26-6-5-23(36)15-27(26)37)11-7-22-3-2-4-25(32(22)48-35)21-8-12-43(13-9-21)19-31-41-28-16-30(45-20-40-42-34(45)33(38)46)39-17-29(28)44(31)18-24-10-14-47-24/h2-7,11,15-17,20-21,24H,8-10,12-14,18-19H2,1H3,(H2,38,46)/t24-,35+/m0/s1. The summed E-state index contributed by atoms with van der Waals surface area (Å²) in [7, 11) is 0. The molecule has 2 atom stereocenters. The first-order chi connectivity index (χ1) is 23.3. The smallest absolute Gasteiger partial charge is 0.287 e. The average Bonchev–Trinajstić information content (AvgIpc) is 3.68. The summed E-state index contributed by atoms with van der Waals surface area (Å²) < 4.78 is 31.1. The number of carbonyl (C=O) groups excluding carboxylic acids is 1. The minimum Gasteiger partial charge on any atom is -0.478 e. The van der Waals surface area contributed by atoms with E-state index in [2.05, 4.69) is 36.8 Å². The van der Waals surface area contributed by atoms with Crippen LogP contribution in [0, 0.1) is 5.82 Å². The number of rotatable bonds is 8. The van der Waals surface area contributed by atoms with Crippen LogP contribution < -0.4 is 10.5 Å². The van der Waals surface area contributed by atoms with E-state index in [1.54, 1.807) is 18.3 Å². The van der Waals surface area contributed by atoms with Crippen molar-refractivity contribution in [3.63, 3.8) is 0 Å². The van der Waals surface area contributed by atoms with Gasteiger partial charge in [-0.2, -0.15) is 0 Å². The van der Waals surface area contributed by atoms with Gasteiger partial charge in [0.2, 0.25) is 5.82 Å². The van der Waals surface area contributed by atoms with Crippen molar-refractivity contribution in [3.8, 4) is 11.6 Å². The molecule has 11 nitrogen and oxygen atoms in total. The first kappa shape index (κ1) is 30.7. The fraction of sp³-hybridized carbons (Fsp3) is 0.343. The van der Waals surface area contributed by atoms with Crippen molar-refractivity contribution in [3.05, 3.63) is 100 Å². The van der Waals surface area contributed by atoms with E-state index in [1.165, 1.54) is 17.0 Å². The lowest BCUT2D eigenvalue weighted by Gasteiger charge is -2.37. The number of ether oxygens (including phenoxy) is 2. The Morgan fingerprint density at radius 1 is 1.17 bits per heavy atom. The molecule has 8 rings (SSSR count). The van der Waals surface area contributed by atoms with Gasteiger partial charge in [-0.1, -0.05) is 41.9 Å². The van der Waals surface area contributed by atoms with Crippen LogP contribution in [-0.4, -0.2) is 65.9 Å². The molecule has 3 aliphatic heterocycles. The summed E-state index contributed by atoms with van der Waals surface area (Å²) in [5.41, 5.74) is 8.79. The van der Waals surface area contributed by atoms with Gasteiger partial charge < -0.3 is 19.8 Å². The van der Waals surface area contributed by atoms with Crippen LogP contribution >= 0.6 is 11.6 Å². The second-order valence-corrected chi connectivity index (χ2v) is 13.3. The number of aromatic nitrogens is 6. The summed E-state index contributed by atoms with van der Waals surface area (Å²) in [6, 6.07) is 12.8. The minimum atomic E-state index is -0.952. The van der Waals surface area contributed by atoms with E-state index < -0.39 is 11.5 Å². The maximum absolute atomic E-state index is 15.0. The zero-order chi connectivity index (χ0) is 33.0. The lowest BCUT2D eigenvalue weighted by Crippen LogP contribution is -2.36. The lowest BCUT2D eigenvalue weighted by atomic mass is 9.85. The second-order valence-electron chi connectivity index (χ2n) is 12.8. The molecule has 246 valence electrons. The van der Waals surface area contributed by atoms with Crippen LogP contribution in [0.25, 0.3) is 22.9 Å². The Labute approximate surface area is 281 Å². The van der Waals surface area contributed by atoms with E-state index in [0.29, 0.717) is 35.4 Å². The van der Waals surface area contributed by atoms with E-state index in [1.807, 2.05) is 31.2 Å². The summed E-state index contributed by atoms with van der Waals surface area (Å²) >= 11 is 6.04. The van der Waals surface area contributed by atoms with Crippen molar-refractivity contribution in [2.75, 3.05) is 19.7 Å². The van der Waals surface area contributed by atoms with Gasteiger partial charge in [0.15, 0.2) is 5.60 Å². The number of para-hydroxylation sites is 1. The van der Waals surface area contributed by atoms with Crippen LogP contribution in [0.2, 0.25) is 5.02 Å². The van der Waals surface area contributed by atoms with Gasteiger partial charge in [-0.05, 0) is 69.0 Å². The number of imidazole rings is 1. The predicted molar refractivity (Wildman–Crippen MR) is 177 cm³/mol. The summed E-state index contributed by atoms with van der Waals surface area (Å²) in [5.74, 6) is 1.44. The van der Waals surface area contributed by atoms with Gasteiger partial charge in [-0.15, -0.1) is 10.2 Å². The summed E-state index contributed by atoms with van der Waals surface area (Å²) in [6.07, 6.45) is 10.1. The number of benzene rings is 2. The molecule has 2 N–H and O–H groups in total. The van der Waals surface area contributed by atoms with Crippen LogP contribution in [0.1, 0.15) is 65.2 Å². The highest BCUT2D eigenvalue weighted by atomic mass is 35.5. The summed E-state index contributed by atoms with van der Waals surface area (Å²) in [6.45, 7) is 5.77. The molecule has 13 heteroatoms.